The molecule has 1 heterocycles. The zero-order chi connectivity index (χ0) is 12.8. The first-order valence-corrected chi connectivity index (χ1v) is 7.35. The number of ether oxygens (including phenoxy) is 1. The van der Waals surface area contributed by atoms with Gasteiger partial charge in [0.1, 0.15) is 5.75 Å². The van der Waals surface area contributed by atoms with Crippen molar-refractivity contribution in [1.29, 1.82) is 0 Å². The molecule has 0 saturated carbocycles. The number of nitrogens with zero attached hydrogens (tertiary/aromatic N) is 1. The SMILES string of the molecule is COc1ccc(Cc2nc(CCCCl)cs2)cc1. The van der Waals surface area contributed by atoms with E-state index in [9.17, 15) is 0 Å². The molecule has 0 radical (unpaired) electrons. The number of aromatic nitrogens is 1. The topological polar surface area (TPSA) is 22.1 Å². The number of benzene rings is 1. The lowest BCUT2D eigenvalue weighted by atomic mass is 10.1. The molecule has 2 nitrogen and oxygen atoms in total. The van der Waals surface area contributed by atoms with Gasteiger partial charge in [0.25, 0.3) is 0 Å². The highest BCUT2D eigenvalue weighted by molar-refractivity contribution is 7.09. The first-order valence-electron chi connectivity index (χ1n) is 5.94. The van der Waals surface area contributed by atoms with Crippen LogP contribution in [-0.2, 0) is 12.8 Å². The van der Waals surface area contributed by atoms with E-state index in [1.807, 2.05) is 12.1 Å². The average molecular weight is 282 g/mol. The van der Waals surface area contributed by atoms with Crippen molar-refractivity contribution in [3.63, 3.8) is 0 Å². The minimum absolute atomic E-state index is 0.700. The number of hydrogen-bond acceptors (Lipinski definition) is 3. The first kappa shape index (κ1) is 13.4. The van der Waals surface area contributed by atoms with Crippen molar-refractivity contribution in [3.8, 4) is 5.75 Å². The summed E-state index contributed by atoms with van der Waals surface area (Å²) < 4.78 is 5.14. The maximum Gasteiger partial charge on any atom is 0.118 e. The molecule has 0 aliphatic carbocycles. The van der Waals surface area contributed by atoms with Crippen molar-refractivity contribution in [2.75, 3.05) is 13.0 Å². The highest BCUT2D eigenvalue weighted by Crippen LogP contribution is 2.18. The zero-order valence-corrected chi connectivity index (χ0v) is 11.9. The van der Waals surface area contributed by atoms with Crippen molar-refractivity contribution >= 4 is 22.9 Å². The summed E-state index contributed by atoms with van der Waals surface area (Å²) in [5, 5.41) is 3.29. The van der Waals surface area contributed by atoms with E-state index >= 15 is 0 Å². The minimum Gasteiger partial charge on any atom is -0.497 e. The van der Waals surface area contributed by atoms with Crippen LogP contribution in [0.1, 0.15) is 22.7 Å². The minimum atomic E-state index is 0.700. The number of alkyl halides is 1. The van der Waals surface area contributed by atoms with Gasteiger partial charge in [-0.1, -0.05) is 12.1 Å². The molecule has 0 bridgehead atoms. The molecule has 18 heavy (non-hydrogen) atoms. The molecule has 96 valence electrons. The lowest BCUT2D eigenvalue weighted by Crippen LogP contribution is -1.91. The van der Waals surface area contributed by atoms with Crippen LogP contribution in [0.5, 0.6) is 5.75 Å². The Kier molecular flexibility index (Phi) is 5.02. The van der Waals surface area contributed by atoms with E-state index in [4.69, 9.17) is 16.3 Å². The molecule has 0 atom stereocenters. The quantitative estimate of drug-likeness (QED) is 0.749. The third kappa shape index (κ3) is 3.72. The third-order valence-electron chi connectivity index (χ3n) is 2.68. The standard InChI is InChI=1S/C14H16ClNOS/c1-17-13-6-4-11(5-7-13)9-14-16-12(10-18-14)3-2-8-15/h4-7,10H,2-3,8-9H2,1H3. The van der Waals surface area contributed by atoms with Crippen LogP contribution < -0.4 is 4.74 Å². The van der Waals surface area contributed by atoms with Gasteiger partial charge in [-0.25, -0.2) is 4.98 Å². The molecule has 2 aromatic rings. The summed E-state index contributed by atoms with van der Waals surface area (Å²) in [6.07, 6.45) is 2.85. The molecular weight excluding hydrogens is 266 g/mol. The number of rotatable bonds is 6. The van der Waals surface area contributed by atoms with Crippen molar-refractivity contribution in [1.82, 2.24) is 4.98 Å². The summed E-state index contributed by atoms with van der Waals surface area (Å²) in [7, 11) is 1.68. The zero-order valence-electron chi connectivity index (χ0n) is 10.4. The Balaban J connectivity index is 1.97. The summed E-state index contributed by atoms with van der Waals surface area (Å²) in [4.78, 5) is 4.61. The summed E-state index contributed by atoms with van der Waals surface area (Å²) in [6.45, 7) is 0. The molecule has 0 spiro atoms. The summed E-state index contributed by atoms with van der Waals surface area (Å²) >= 11 is 7.40. The van der Waals surface area contributed by atoms with Gasteiger partial charge in [-0.05, 0) is 30.5 Å². The van der Waals surface area contributed by atoms with Gasteiger partial charge in [-0.3, -0.25) is 0 Å². The van der Waals surface area contributed by atoms with Crippen molar-refractivity contribution in [2.45, 2.75) is 19.3 Å². The van der Waals surface area contributed by atoms with Crippen LogP contribution in [0.4, 0.5) is 0 Å². The summed E-state index contributed by atoms with van der Waals surface area (Å²) in [5.74, 6) is 1.59. The number of methoxy groups -OCH3 is 1. The van der Waals surface area contributed by atoms with Crippen LogP contribution in [0.3, 0.4) is 0 Å². The Morgan fingerprint density at radius 3 is 2.72 bits per heavy atom. The highest BCUT2D eigenvalue weighted by Gasteiger charge is 2.03. The van der Waals surface area contributed by atoms with Gasteiger partial charge in [0.2, 0.25) is 0 Å². The van der Waals surface area contributed by atoms with E-state index in [1.54, 1.807) is 18.4 Å². The second-order valence-electron chi connectivity index (χ2n) is 4.05. The van der Waals surface area contributed by atoms with Gasteiger partial charge in [-0.15, -0.1) is 22.9 Å². The summed E-state index contributed by atoms with van der Waals surface area (Å²) in [6, 6.07) is 8.13. The Bertz CT molecular complexity index is 481. The number of hydrogen-bond donors (Lipinski definition) is 0. The molecule has 1 aromatic carbocycles. The monoisotopic (exact) mass is 281 g/mol. The van der Waals surface area contributed by atoms with Crippen molar-refractivity contribution in [3.05, 3.63) is 45.9 Å². The number of halogens is 1. The number of thiazole rings is 1. The largest absolute Gasteiger partial charge is 0.497 e. The fraction of sp³-hybridized carbons (Fsp3) is 0.357. The van der Waals surface area contributed by atoms with Crippen LogP contribution in [0, 0.1) is 0 Å². The number of aryl methyl sites for hydroxylation is 1. The second kappa shape index (κ2) is 6.76. The second-order valence-corrected chi connectivity index (χ2v) is 5.37. The molecular formula is C14H16ClNOS. The Morgan fingerprint density at radius 1 is 1.28 bits per heavy atom. The van der Waals surface area contributed by atoms with Gasteiger partial charge in [0, 0.05) is 17.7 Å². The van der Waals surface area contributed by atoms with Gasteiger partial charge < -0.3 is 4.74 Å². The maximum atomic E-state index is 5.68. The molecule has 0 amide bonds. The molecule has 2 rings (SSSR count). The van der Waals surface area contributed by atoms with E-state index in [-0.39, 0.29) is 0 Å². The maximum absolute atomic E-state index is 5.68. The van der Waals surface area contributed by atoms with Crippen LogP contribution >= 0.6 is 22.9 Å². The van der Waals surface area contributed by atoms with Crippen molar-refractivity contribution < 1.29 is 4.74 Å². The van der Waals surface area contributed by atoms with Crippen LogP contribution in [0.15, 0.2) is 29.6 Å². The van der Waals surface area contributed by atoms with E-state index < -0.39 is 0 Å². The van der Waals surface area contributed by atoms with Crippen LogP contribution in [-0.4, -0.2) is 18.0 Å². The predicted octanol–water partition coefficient (Wildman–Crippen LogP) is 3.91. The normalized spacial score (nSPS) is 10.6. The Labute approximate surface area is 117 Å². The van der Waals surface area contributed by atoms with Gasteiger partial charge >= 0.3 is 0 Å². The Hall–Kier alpha value is -1.06. The molecule has 0 fully saturated rings. The molecule has 0 N–H and O–H groups in total. The molecule has 4 heteroatoms. The lowest BCUT2D eigenvalue weighted by molar-refractivity contribution is 0.414. The lowest BCUT2D eigenvalue weighted by Gasteiger charge is -2.01. The van der Waals surface area contributed by atoms with E-state index in [0.717, 1.165) is 35.7 Å². The fourth-order valence-electron chi connectivity index (χ4n) is 1.71. The van der Waals surface area contributed by atoms with E-state index in [0.29, 0.717) is 5.88 Å². The van der Waals surface area contributed by atoms with Gasteiger partial charge in [-0.2, -0.15) is 0 Å². The highest BCUT2D eigenvalue weighted by atomic mass is 35.5. The van der Waals surface area contributed by atoms with E-state index in [1.165, 1.54) is 5.56 Å². The van der Waals surface area contributed by atoms with Crippen LogP contribution in [0.2, 0.25) is 0 Å². The van der Waals surface area contributed by atoms with Crippen molar-refractivity contribution in [2.24, 2.45) is 0 Å². The molecule has 0 aliphatic rings. The molecule has 0 unspecified atom stereocenters. The van der Waals surface area contributed by atoms with Crippen LogP contribution in [0.25, 0.3) is 0 Å². The van der Waals surface area contributed by atoms with E-state index in [2.05, 4.69) is 22.5 Å². The predicted molar refractivity (Wildman–Crippen MR) is 77.0 cm³/mol. The van der Waals surface area contributed by atoms with Gasteiger partial charge in [0.05, 0.1) is 17.8 Å². The Morgan fingerprint density at radius 2 is 2.06 bits per heavy atom. The fourth-order valence-corrected chi connectivity index (χ4v) is 2.71. The van der Waals surface area contributed by atoms with Gasteiger partial charge in [0.15, 0.2) is 0 Å². The molecule has 1 aromatic heterocycles. The first-order chi connectivity index (χ1) is 8.81. The summed E-state index contributed by atoms with van der Waals surface area (Å²) in [5.41, 5.74) is 2.42. The third-order valence-corrected chi connectivity index (χ3v) is 3.85. The smallest absolute Gasteiger partial charge is 0.118 e. The molecule has 0 aliphatic heterocycles. The average Bonchev–Trinajstić information content (AvgIpc) is 2.85. The molecule has 0 saturated heterocycles.